The minimum Gasteiger partial charge on any atom is -0.360 e. The van der Waals surface area contributed by atoms with Gasteiger partial charge in [-0.05, 0) is 18.1 Å². The first-order valence-corrected chi connectivity index (χ1v) is 6.36. The van der Waals surface area contributed by atoms with Crippen LogP contribution >= 0.6 is 11.5 Å². The fraction of sp³-hybridized carbons (Fsp3) is 0.333. The van der Waals surface area contributed by atoms with E-state index in [0.717, 1.165) is 12.6 Å². The van der Waals surface area contributed by atoms with Crippen molar-refractivity contribution in [3.8, 4) is 11.4 Å². The number of hydrogen-bond acceptors (Lipinski definition) is 4. The SMILES string of the molecule is CC(C)CNc1nc(-c2cc(F)cc(F)c2)ns1. The number of nitrogens with one attached hydrogen (secondary N) is 1. The summed E-state index contributed by atoms with van der Waals surface area (Å²) in [5, 5.41) is 3.78. The minimum absolute atomic E-state index is 0.338. The summed E-state index contributed by atoms with van der Waals surface area (Å²) in [6.07, 6.45) is 0. The van der Waals surface area contributed by atoms with Gasteiger partial charge in [0.25, 0.3) is 0 Å². The average Bonchev–Trinajstić information content (AvgIpc) is 2.73. The Bertz CT molecular complexity index is 520. The molecule has 0 aliphatic rings. The van der Waals surface area contributed by atoms with E-state index < -0.39 is 11.6 Å². The van der Waals surface area contributed by atoms with E-state index in [9.17, 15) is 8.78 Å². The monoisotopic (exact) mass is 269 g/mol. The number of benzene rings is 1. The van der Waals surface area contributed by atoms with Crippen LogP contribution in [-0.4, -0.2) is 15.9 Å². The van der Waals surface area contributed by atoms with Crippen molar-refractivity contribution in [2.45, 2.75) is 13.8 Å². The van der Waals surface area contributed by atoms with Crippen LogP contribution in [0.3, 0.4) is 0 Å². The van der Waals surface area contributed by atoms with Crippen LogP contribution in [0, 0.1) is 17.6 Å². The van der Waals surface area contributed by atoms with Crippen LogP contribution in [0.1, 0.15) is 13.8 Å². The fourth-order valence-corrected chi connectivity index (χ4v) is 1.98. The van der Waals surface area contributed by atoms with E-state index >= 15 is 0 Å². The Hall–Kier alpha value is -1.56. The van der Waals surface area contributed by atoms with Crippen LogP contribution in [0.25, 0.3) is 11.4 Å². The second kappa shape index (κ2) is 5.39. The molecule has 6 heteroatoms. The van der Waals surface area contributed by atoms with Crippen LogP contribution in [0.15, 0.2) is 18.2 Å². The topological polar surface area (TPSA) is 37.8 Å². The van der Waals surface area contributed by atoms with Gasteiger partial charge in [-0.15, -0.1) is 0 Å². The highest BCUT2D eigenvalue weighted by Crippen LogP contribution is 2.22. The normalized spacial score (nSPS) is 10.9. The molecule has 0 spiro atoms. The van der Waals surface area contributed by atoms with Crippen LogP contribution in [-0.2, 0) is 0 Å². The molecule has 1 aromatic carbocycles. The Morgan fingerprint density at radius 3 is 2.50 bits per heavy atom. The van der Waals surface area contributed by atoms with E-state index in [-0.39, 0.29) is 0 Å². The number of rotatable bonds is 4. The van der Waals surface area contributed by atoms with Gasteiger partial charge < -0.3 is 5.32 Å². The molecule has 0 amide bonds. The third-order valence-electron chi connectivity index (χ3n) is 2.21. The molecule has 1 heterocycles. The third kappa shape index (κ3) is 3.22. The number of nitrogens with zero attached hydrogens (tertiary/aromatic N) is 2. The van der Waals surface area contributed by atoms with Crippen molar-refractivity contribution in [3.05, 3.63) is 29.8 Å². The van der Waals surface area contributed by atoms with Crippen molar-refractivity contribution >= 4 is 16.7 Å². The molecule has 0 aliphatic heterocycles. The first-order valence-electron chi connectivity index (χ1n) is 5.58. The molecule has 0 saturated heterocycles. The summed E-state index contributed by atoms with van der Waals surface area (Å²) in [6.45, 7) is 4.94. The fourth-order valence-electron chi connectivity index (χ4n) is 1.39. The molecule has 18 heavy (non-hydrogen) atoms. The Balaban J connectivity index is 2.18. The lowest BCUT2D eigenvalue weighted by Gasteiger charge is -2.03. The largest absolute Gasteiger partial charge is 0.360 e. The van der Waals surface area contributed by atoms with Gasteiger partial charge in [0.1, 0.15) is 11.6 Å². The lowest BCUT2D eigenvalue weighted by atomic mass is 10.2. The Morgan fingerprint density at radius 2 is 1.89 bits per heavy atom. The smallest absolute Gasteiger partial charge is 0.202 e. The Labute approximate surface area is 108 Å². The van der Waals surface area contributed by atoms with Crippen molar-refractivity contribution in [1.82, 2.24) is 9.36 Å². The van der Waals surface area contributed by atoms with Gasteiger partial charge in [-0.2, -0.15) is 9.36 Å². The maximum atomic E-state index is 13.1. The molecule has 0 aliphatic carbocycles. The minimum atomic E-state index is -0.628. The first kappa shape index (κ1) is 12.9. The maximum absolute atomic E-state index is 13.1. The molecular formula is C12H13F2N3S. The summed E-state index contributed by atoms with van der Waals surface area (Å²) < 4.78 is 30.2. The van der Waals surface area contributed by atoms with Gasteiger partial charge in [0.15, 0.2) is 5.82 Å². The van der Waals surface area contributed by atoms with Gasteiger partial charge in [0.05, 0.1) is 0 Å². The Kier molecular flexibility index (Phi) is 3.86. The quantitative estimate of drug-likeness (QED) is 0.922. The van der Waals surface area contributed by atoms with Gasteiger partial charge in [0, 0.05) is 29.7 Å². The summed E-state index contributed by atoms with van der Waals surface area (Å²) in [7, 11) is 0. The molecule has 1 N–H and O–H groups in total. The van der Waals surface area contributed by atoms with Crippen molar-refractivity contribution in [3.63, 3.8) is 0 Å². The van der Waals surface area contributed by atoms with Crippen LogP contribution in [0.5, 0.6) is 0 Å². The van der Waals surface area contributed by atoms with Crippen molar-refractivity contribution in [2.24, 2.45) is 5.92 Å². The Morgan fingerprint density at radius 1 is 1.22 bits per heavy atom. The predicted molar refractivity (Wildman–Crippen MR) is 68.6 cm³/mol. The molecule has 2 rings (SSSR count). The molecule has 96 valence electrons. The van der Waals surface area contributed by atoms with Crippen molar-refractivity contribution < 1.29 is 8.78 Å². The first-order chi connectivity index (χ1) is 8.54. The zero-order valence-electron chi connectivity index (χ0n) is 10.1. The van der Waals surface area contributed by atoms with Gasteiger partial charge in [-0.25, -0.2) is 8.78 Å². The summed E-state index contributed by atoms with van der Waals surface area (Å²) in [6, 6.07) is 3.27. The maximum Gasteiger partial charge on any atom is 0.202 e. The van der Waals surface area contributed by atoms with Crippen LogP contribution in [0.4, 0.5) is 13.9 Å². The van der Waals surface area contributed by atoms with Gasteiger partial charge in [0.2, 0.25) is 5.13 Å². The zero-order chi connectivity index (χ0) is 13.1. The summed E-state index contributed by atoms with van der Waals surface area (Å²) in [4.78, 5) is 4.20. The van der Waals surface area contributed by atoms with E-state index in [2.05, 4.69) is 28.5 Å². The number of hydrogen-bond donors (Lipinski definition) is 1. The van der Waals surface area contributed by atoms with Gasteiger partial charge in [-0.3, -0.25) is 0 Å². The lowest BCUT2D eigenvalue weighted by molar-refractivity contribution is 0.584. The molecule has 1 aromatic heterocycles. The molecule has 2 aromatic rings. The highest BCUT2D eigenvalue weighted by Gasteiger charge is 2.09. The highest BCUT2D eigenvalue weighted by atomic mass is 32.1. The molecule has 0 unspecified atom stereocenters. The number of anilines is 1. The van der Waals surface area contributed by atoms with E-state index in [4.69, 9.17) is 0 Å². The highest BCUT2D eigenvalue weighted by molar-refractivity contribution is 7.09. The van der Waals surface area contributed by atoms with E-state index in [1.54, 1.807) is 0 Å². The molecule has 0 radical (unpaired) electrons. The van der Waals surface area contributed by atoms with E-state index in [1.807, 2.05) is 0 Å². The van der Waals surface area contributed by atoms with Crippen LogP contribution in [0.2, 0.25) is 0 Å². The third-order valence-corrected chi connectivity index (χ3v) is 2.88. The summed E-state index contributed by atoms with van der Waals surface area (Å²) in [5.41, 5.74) is 0.348. The standard InChI is InChI=1S/C12H13F2N3S/c1-7(2)6-15-12-16-11(17-18-12)8-3-9(13)5-10(14)4-8/h3-5,7H,6H2,1-2H3,(H,15,16,17). The molecule has 0 saturated carbocycles. The molecule has 0 atom stereocenters. The van der Waals surface area contributed by atoms with Gasteiger partial charge in [-0.1, -0.05) is 13.8 Å². The summed E-state index contributed by atoms with van der Waals surface area (Å²) >= 11 is 1.18. The second-order valence-electron chi connectivity index (χ2n) is 4.36. The van der Waals surface area contributed by atoms with Gasteiger partial charge >= 0.3 is 0 Å². The molecule has 0 bridgehead atoms. The number of aromatic nitrogens is 2. The molecule has 3 nitrogen and oxygen atoms in total. The predicted octanol–water partition coefficient (Wildman–Crippen LogP) is 3.55. The van der Waals surface area contributed by atoms with Crippen LogP contribution < -0.4 is 5.32 Å². The zero-order valence-corrected chi connectivity index (χ0v) is 10.9. The molecule has 0 fully saturated rings. The molecular weight excluding hydrogens is 256 g/mol. The average molecular weight is 269 g/mol. The second-order valence-corrected chi connectivity index (χ2v) is 5.11. The number of halogens is 2. The van der Waals surface area contributed by atoms with E-state index in [1.165, 1.54) is 23.7 Å². The van der Waals surface area contributed by atoms with E-state index in [0.29, 0.717) is 22.4 Å². The lowest BCUT2D eigenvalue weighted by Crippen LogP contribution is -2.07. The van der Waals surface area contributed by atoms with Crippen molar-refractivity contribution in [1.29, 1.82) is 0 Å². The summed E-state index contributed by atoms with van der Waals surface area (Å²) in [5.74, 6) is -0.429. The van der Waals surface area contributed by atoms with Crippen molar-refractivity contribution in [2.75, 3.05) is 11.9 Å².